The minimum atomic E-state index is -3.82. The summed E-state index contributed by atoms with van der Waals surface area (Å²) in [5.74, 6) is 0.588. The van der Waals surface area contributed by atoms with Crippen LogP contribution in [0.25, 0.3) is 10.2 Å². The molecular formula is C25H31N5O5S2. The fraction of sp³-hybridized carbons (Fsp3) is 0.480. The molecule has 3 aromatic rings. The number of hydrogen-bond donors (Lipinski definition) is 0. The lowest BCUT2D eigenvalue weighted by Crippen LogP contribution is -2.50. The molecule has 0 radical (unpaired) electrons. The third kappa shape index (κ3) is 4.85. The molecule has 4 heterocycles. The van der Waals surface area contributed by atoms with Crippen LogP contribution in [0, 0.1) is 6.92 Å². The second-order valence-electron chi connectivity index (χ2n) is 9.35. The van der Waals surface area contributed by atoms with E-state index in [0.717, 1.165) is 30.7 Å². The van der Waals surface area contributed by atoms with Gasteiger partial charge in [0.25, 0.3) is 5.56 Å². The van der Waals surface area contributed by atoms with Crippen molar-refractivity contribution in [1.29, 1.82) is 0 Å². The van der Waals surface area contributed by atoms with Crippen molar-refractivity contribution in [1.82, 2.24) is 18.8 Å². The van der Waals surface area contributed by atoms with E-state index in [1.54, 1.807) is 18.9 Å². The Morgan fingerprint density at radius 1 is 1.05 bits per heavy atom. The first kappa shape index (κ1) is 25.7. The number of rotatable bonds is 6. The number of anilines is 1. The number of piperazine rings is 1. The van der Waals surface area contributed by atoms with Gasteiger partial charge in [0.1, 0.15) is 22.0 Å². The van der Waals surface area contributed by atoms with E-state index in [9.17, 15) is 18.0 Å². The van der Waals surface area contributed by atoms with Gasteiger partial charge in [0.05, 0.1) is 24.5 Å². The van der Waals surface area contributed by atoms with Gasteiger partial charge in [-0.25, -0.2) is 13.4 Å². The standard InChI is InChI=1S/C25H31N5O5S2/c1-18-23(37(33,34)30-10-6-3-7-11-30)22-24(36-18)26-17-29(25(22)32)16-21(31)28-14-12-27(13-15-28)19-8-4-5-9-20(19)35-2/h4-5,8-9,17H,3,6-7,10-16H2,1-2H3. The lowest BCUT2D eigenvalue weighted by molar-refractivity contribution is -0.132. The average molecular weight is 546 g/mol. The molecule has 37 heavy (non-hydrogen) atoms. The van der Waals surface area contributed by atoms with Gasteiger partial charge in [-0.05, 0) is 31.9 Å². The molecule has 1 aromatic carbocycles. The second-order valence-corrected chi connectivity index (χ2v) is 12.4. The van der Waals surface area contributed by atoms with Crippen LogP contribution in [0.1, 0.15) is 24.1 Å². The van der Waals surface area contributed by atoms with Gasteiger partial charge in [-0.2, -0.15) is 4.31 Å². The highest BCUT2D eigenvalue weighted by molar-refractivity contribution is 7.89. The van der Waals surface area contributed by atoms with Crippen molar-refractivity contribution >= 4 is 43.2 Å². The normalized spacial score (nSPS) is 17.4. The van der Waals surface area contributed by atoms with Gasteiger partial charge in [0.15, 0.2) is 0 Å². The number of aromatic nitrogens is 2. The zero-order valence-electron chi connectivity index (χ0n) is 21.1. The highest BCUT2D eigenvalue weighted by Crippen LogP contribution is 2.34. The first-order chi connectivity index (χ1) is 17.8. The molecule has 2 saturated heterocycles. The van der Waals surface area contributed by atoms with Gasteiger partial charge in [-0.1, -0.05) is 18.6 Å². The van der Waals surface area contributed by atoms with Gasteiger partial charge in [0, 0.05) is 44.1 Å². The lowest BCUT2D eigenvalue weighted by Gasteiger charge is -2.36. The maximum absolute atomic E-state index is 13.5. The number of hydrogen-bond acceptors (Lipinski definition) is 8. The summed E-state index contributed by atoms with van der Waals surface area (Å²) in [5, 5.41) is 0.0874. The molecule has 0 N–H and O–H groups in total. The third-order valence-electron chi connectivity index (χ3n) is 7.08. The van der Waals surface area contributed by atoms with Crippen molar-refractivity contribution < 1.29 is 17.9 Å². The van der Waals surface area contributed by atoms with E-state index in [1.165, 1.54) is 26.5 Å². The summed E-state index contributed by atoms with van der Waals surface area (Å²) < 4.78 is 35.1. The Morgan fingerprint density at radius 2 is 1.76 bits per heavy atom. The molecule has 0 bridgehead atoms. The Morgan fingerprint density at radius 3 is 2.46 bits per heavy atom. The maximum Gasteiger partial charge on any atom is 0.263 e. The van der Waals surface area contributed by atoms with E-state index < -0.39 is 15.6 Å². The van der Waals surface area contributed by atoms with Gasteiger partial charge in [-0.15, -0.1) is 11.3 Å². The number of aryl methyl sites for hydroxylation is 1. The lowest BCUT2D eigenvalue weighted by atomic mass is 10.2. The minimum Gasteiger partial charge on any atom is -0.495 e. The van der Waals surface area contributed by atoms with E-state index in [0.29, 0.717) is 49.0 Å². The highest BCUT2D eigenvalue weighted by atomic mass is 32.2. The van der Waals surface area contributed by atoms with Crippen LogP contribution in [0.3, 0.4) is 0 Å². The number of benzene rings is 1. The number of methoxy groups -OCH3 is 1. The molecule has 10 nitrogen and oxygen atoms in total. The molecule has 12 heteroatoms. The molecule has 0 saturated carbocycles. The molecule has 0 atom stereocenters. The molecule has 198 valence electrons. The molecule has 0 unspecified atom stereocenters. The summed E-state index contributed by atoms with van der Waals surface area (Å²) in [4.78, 5) is 35.8. The Balaban J connectivity index is 1.35. The number of carbonyl (C=O) groups excluding carboxylic acids is 1. The number of nitrogens with zero attached hydrogens (tertiary/aromatic N) is 5. The maximum atomic E-state index is 13.5. The molecule has 2 aromatic heterocycles. The number of piperidine rings is 1. The van der Waals surface area contributed by atoms with Crippen LogP contribution in [0.4, 0.5) is 5.69 Å². The first-order valence-corrected chi connectivity index (χ1v) is 14.7. The SMILES string of the molecule is COc1ccccc1N1CCN(C(=O)Cn2cnc3sc(C)c(S(=O)(=O)N4CCCCC4)c3c2=O)CC1. The number of amides is 1. The van der Waals surface area contributed by atoms with Crippen molar-refractivity contribution in [2.45, 2.75) is 37.6 Å². The predicted octanol–water partition coefficient (Wildman–Crippen LogP) is 2.30. The molecule has 2 fully saturated rings. The monoisotopic (exact) mass is 545 g/mol. The van der Waals surface area contributed by atoms with E-state index >= 15 is 0 Å². The second kappa shape index (κ2) is 10.4. The summed E-state index contributed by atoms with van der Waals surface area (Å²) in [6.45, 7) is 4.72. The Bertz CT molecular complexity index is 1470. The minimum absolute atomic E-state index is 0.0409. The van der Waals surface area contributed by atoms with Gasteiger partial charge in [-0.3, -0.25) is 14.2 Å². The van der Waals surface area contributed by atoms with Crippen molar-refractivity contribution in [3.05, 3.63) is 45.8 Å². The molecule has 2 aliphatic heterocycles. The van der Waals surface area contributed by atoms with E-state index in [4.69, 9.17) is 4.74 Å². The van der Waals surface area contributed by atoms with Gasteiger partial charge in [0.2, 0.25) is 15.9 Å². The summed E-state index contributed by atoms with van der Waals surface area (Å²) in [5.41, 5.74) is 0.490. The van der Waals surface area contributed by atoms with Crippen LogP contribution in [-0.4, -0.2) is 79.5 Å². The summed E-state index contributed by atoms with van der Waals surface area (Å²) >= 11 is 1.20. The zero-order valence-corrected chi connectivity index (χ0v) is 22.7. The van der Waals surface area contributed by atoms with Crippen molar-refractivity contribution in [3.8, 4) is 5.75 Å². The summed E-state index contributed by atoms with van der Waals surface area (Å²) in [7, 11) is -2.18. The third-order valence-corrected chi connectivity index (χ3v) is 10.3. The fourth-order valence-electron chi connectivity index (χ4n) is 5.10. The molecule has 2 aliphatic rings. The van der Waals surface area contributed by atoms with Gasteiger partial charge < -0.3 is 14.5 Å². The topological polar surface area (TPSA) is 105 Å². The number of fused-ring (bicyclic) bond motifs is 1. The van der Waals surface area contributed by atoms with Crippen LogP contribution < -0.4 is 15.2 Å². The van der Waals surface area contributed by atoms with Gasteiger partial charge >= 0.3 is 0 Å². The van der Waals surface area contributed by atoms with Crippen LogP contribution in [0.5, 0.6) is 5.75 Å². The Labute approximate surface area is 220 Å². The van der Waals surface area contributed by atoms with Crippen molar-refractivity contribution in [3.63, 3.8) is 0 Å². The summed E-state index contributed by atoms with van der Waals surface area (Å²) in [6.07, 6.45) is 3.96. The van der Waals surface area contributed by atoms with Crippen LogP contribution in [0.15, 0.2) is 40.3 Å². The van der Waals surface area contributed by atoms with E-state index in [-0.39, 0.29) is 22.7 Å². The smallest absolute Gasteiger partial charge is 0.263 e. The van der Waals surface area contributed by atoms with E-state index in [1.807, 2.05) is 24.3 Å². The molecule has 1 amide bonds. The van der Waals surface area contributed by atoms with Crippen LogP contribution >= 0.6 is 11.3 Å². The van der Waals surface area contributed by atoms with E-state index in [2.05, 4.69) is 9.88 Å². The predicted molar refractivity (Wildman–Crippen MR) is 143 cm³/mol. The first-order valence-electron chi connectivity index (χ1n) is 12.5. The van der Waals surface area contributed by atoms with Crippen LogP contribution in [-0.2, 0) is 21.4 Å². The Kier molecular flexibility index (Phi) is 7.24. The van der Waals surface area contributed by atoms with Crippen LogP contribution in [0.2, 0.25) is 0 Å². The number of sulfonamides is 1. The highest BCUT2D eigenvalue weighted by Gasteiger charge is 2.33. The fourth-order valence-corrected chi connectivity index (χ4v) is 8.29. The molecule has 0 aliphatic carbocycles. The average Bonchev–Trinajstić information content (AvgIpc) is 3.28. The number of para-hydroxylation sites is 2. The zero-order chi connectivity index (χ0) is 26.2. The quantitative estimate of drug-likeness (QED) is 0.468. The largest absolute Gasteiger partial charge is 0.495 e. The van der Waals surface area contributed by atoms with Crippen molar-refractivity contribution in [2.24, 2.45) is 0 Å². The van der Waals surface area contributed by atoms with Crippen molar-refractivity contribution in [2.75, 3.05) is 51.3 Å². The number of carbonyl (C=O) groups is 1. The number of thiophene rings is 1. The summed E-state index contributed by atoms with van der Waals surface area (Å²) in [6, 6.07) is 7.78. The molecule has 5 rings (SSSR count). The molecular weight excluding hydrogens is 514 g/mol. The number of ether oxygens (including phenoxy) is 1. The molecule has 0 spiro atoms. The Hall–Kier alpha value is -2.96.